The molecule has 4 heterocycles. The van der Waals surface area contributed by atoms with Crippen LogP contribution in [-0.4, -0.2) is 45.2 Å². The summed E-state index contributed by atoms with van der Waals surface area (Å²) in [4.78, 5) is 19.5. The molecule has 1 aliphatic heterocycles. The van der Waals surface area contributed by atoms with Gasteiger partial charge in [-0.1, -0.05) is 36.8 Å². The first-order valence-corrected chi connectivity index (χ1v) is 12.5. The lowest BCUT2D eigenvalue weighted by Gasteiger charge is -2.33. The van der Waals surface area contributed by atoms with Crippen molar-refractivity contribution >= 4 is 12.0 Å². The number of piperidine rings is 1. The molecule has 1 atom stereocenters. The van der Waals surface area contributed by atoms with Gasteiger partial charge in [-0.25, -0.2) is 0 Å². The second-order valence-electron chi connectivity index (χ2n) is 9.06. The average molecular weight is 482 g/mol. The van der Waals surface area contributed by atoms with Crippen LogP contribution in [0.1, 0.15) is 42.2 Å². The van der Waals surface area contributed by atoms with E-state index in [9.17, 15) is 4.79 Å². The van der Waals surface area contributed by atoms with Gasteiger partial charge in [-0.2, -0.15) is 5.10 Å². The van der Waals surface area contributed by atoms with Crippen molar-refractivity contribution in [3.8, 4) is 11.3 Å². The topological polar surface area (TPSA) is 76.2 Å². The lowest BCUT2D eigenvalue weighted by atomic mass is 10.1. The van der Waals surface area contributed by atoms with Gasteiger partial charge in [0.1, 0.15) is 11.5 Å². The Labute approximate surface area is 211 Å². The van der Waals surface area contributed by atoms with E-state index in [1.807, 2.05) is 59.4 Å². The lowest BCUT2D eigenvalue weighted by molar-refractivity contribution is -0.116. The molecule has 3 aromatic heterocycles. The molecule has 184 valence electrons. The minimum absolute atomic E-state index is 0.0391. The van der Waals surface area contributed by atoms with Crippen LogP contribution >= 0.6 is 0 Å². The Hall–Kier alpha value is -3.97. The Morgan fingerprint density at radius 2 is 1.92 bits per heavy atom. The van der Waals surface area contributed by atoms with Crippen LogP contribution < -0.4 is 5.32 Å². The summed E-state index contributed by atoms with van der Waals surface area (Å²) in [5, 5.41) is 7.87. The predicted molar refractivity (Wildman–Crippen MR) is 140 cm³/mol. The predicted octanol–water partition coefficient (Wildman–Crippen LogP) is 4.94. The molecule has 1 aromatic carbocycles. The lowest BCUT2D eigenvalue weighted by Crippen LogP contribution is -2.40. The van der Waals surface area contributed by atoms with Gasteiger partial charge < -0.3 is 9.73 Å². The first-order valence-electron chi connectivity index (χ1n) is 12.5. The number of hydrogen-bond acceptors (Lipinski definition) is 5. The summed E-state index contributed by atoms with van der Waals surface area (Å²) < 4.78 is 7.60. The number of hydrogen-bond donors (Lipinski definition) is 1. The molecule has 0 aliphatic carbocycles. The summed E-state index contributed by atoms with van der Waals surface area (Å²) in [5.74, 6) is 0.749. The van der Waals surface area contributed by atoms with E-state index in [0.29, 0.717) is 13.1 Å². The molecule has 1 amide bonds. The van der Waals surface area contributed by atoms with E-state index in [-0.39, 0.29) is 11.9 Å². The number of amides is 1. The normalized spacial score (nSPS) is 15.2. The van der Waals surface area contributed by atoms with Gasteiger partial charge in [0, 0.05) is 42.3 Å². The maximum Gasteiger partial charge on any atom is 0.244 e. The minimum Gasteiger partial charge on any atom is -0.468 e. The number of rotatable bonds is 9. The number of likely N-dealkylation sites (tertiary alicyclic amines) is 1. The molecule has 1 N–H and O–H groups in total. The van der Waals surface area contributed by atoms with E-state index in [2.05, 4.69) is 27.3 Å². The largest absolute Gasteiger partial charge is 0.468 e. The van der Waals surface area contributed by atoms with Crippen LogP contribution in [-0.2, 0) is 11.3 Å². The van der Waals surface area contributed by atoms with Crippen LogP contribution in [0.3, 0.4) is 0 Å². The Morgan fingerprint density at radius 3 is 2.67 bits per heavy atom. The zero-order valence-corrected chi connectivity index (χ0v) is 20.3. The molecule has 7 nitrogen and oxygen atoms in total. The number of benzene rings is 1. The van der Waals surface area contributed by atoms with Gasteiger partial charge in [0.25, 0.3) is 0 Å². The molecule has 5 rings (SSSR count). The van der Waals surface area contributed by atoms with Crippen molar-refractivity contribution in [3.05, 3.63) is 102 Å². The summed E-state index contributed by atoms with van der Waals surface area (Å²) in [6, 6.07) is 18.0. The van der Waals surface area contributed by atoms with Crippen LogP contribution in [0, 0.1) is 0 Å². The molecule has 36 heavy (non-hydrogen) atoms. The molecule has 0 bridgehead atoms. The van der Waals surface area contributed by atoms with Crippen LogP contribution in [0.4, 0.5) is 0 Å². The van der Waals surface area contributed by atoms with Gasteiger partial charge >= 0.3 is 0 Å². The number of pyridine rings is 1. The third kappa shape index (κ3) is 5.98. The highest BCUT2D eigenvalue weighted by Gasteiger charge is 2.24. The SMILES string of the molecule is O=C(/C=C/c1cn(Cc2ccccc2)nc1-c1cccnc1)NCC(c1ccco1)N1CCCCC1. The summed E-state index contributed by atoms with van der Waals surface area (Å²) in [5.41, 5.74) is 3.73. The van der Waals surface area contributed by atoms with Crippen LogP contribution in [0.2, 0.25) is 0 Å². The van der Waals surface area contributed by atoms with E-state index in [0.717, 1.165) is 41.2 Å². The molecule has 0 saturated carbocycles. The Bertz CT molecular complexity index is 1260. The maximum absolute atomic E-state index is 12.8. The Kier molecular flexibility index (Phi) is 7.68. The number of aromatic nitrogens is 3. The van der Waals surface area contributed by atoms with Crippen molar-refractivity contribution in [2.75, 3.05) is 19.6 Å². The van der Waals surface area contributed by atoms with Crippen molar-refractivity contribution < 1.29 is 9.21 Å². The molecular formula is C29H31N5O2. The molecule has 1 saturated heterocycles. The fraction of sp³-hybridized carbons (Fsp3) is 0.276. The highest BCUT2D eigenvalue weighted by atomic mass is 16.3. The van der Waals surface area contributed by atoms with Gasteiger partial charge in [0.15, 0.2) is 0 Å². The summed E-state index contributed by atoms with van der Waals surface area (Å²) in [6.45, 7) is 3.19. The van der Waals surface area contributed by atoms with Gasteiger partial charge in [0.2, 0.25) is 5.91 Å². The molecule has 1 aliphatic rings. The number of nitrogens with zero attached hydrogens (tertiary/aromatic N) is 4. The van der Waals surface area contributed by atoms with Crippen molar-refractivity contribution in [1.82, 2.24) is 25.0 Å². The van der Waals surface area contributed by atoms with E-state index >= 15 is 0 Å². The number of furan rings is 1. The monoisotopic (exact) mass is 481 g/mol. The summed E-state index contributed by atoms with van der Waals surface area (Å²) in [6.07, 6.45) is 14.2. The van der Waals surface area contributed by atoms with E-state index in [1.54, 1.807) is 24.7 Å². The molecular weight excluding hydrogens is 450 g/mol. The second-order valence-corrected chi connectivity index (χ2v) is 9.06. The third-order valence-electron chi connectivity index (χ3n) is 6.50. The third-order valence-corrected chi connectivity index (χ3v) is 6.50. The smallest absolute Gasteiger partial charge is 0.244 e. The number of nitrogens with one attached hydrogen (secondary N) is 1. The zero-order valence-electron chi connectivity index (χ0n) is 20.3. The number of carbonyl (C=O) groups is 1. The molecule has 0 radical (unpaired) electrons. The Morgan fingerprint density at radius 1 is 1.06 bits per heavy atom. The van der Waals surface area contributed by atoms with E-state index in [1.165, 1.54) is 19.3 Å². The highest BCUT2D eigenvalue weighted by molar-refractivity contribution is 5.92. The van der Waals surface area contributed by atoms with Crippen molar-refractivity contribution in [1.29, 1.82) is 0 Å². The highest BCUT2D eigenvalue weighted by Crippen LogP contribution is 2.25. The number of carbonyl (C=O) groups excluding carboxylic acids is 1. The van der Waals surface area contributed by atoms with Crippen molar-refractivity contribution in [2.45, 2.75) is 31.8 Å². The van der Waals surface area contributed by atoms with Crippen LogP contribution in [0.25, 0.3) is 17.3 Å². The van der Waals surface area contributed by atoms with Crippen LogP contribution in [0.5, 0.6) is 0 Å². The fourth-order valence-electron chi connectivity index (χ4n) is 4.68. The molecule has 0 spiro atoms. The zero-order chi connectivity index (χ0) is 24.6. The van der Waals surface area contributed by atoms with E-state index < -0.39 is 0 Å². The van der Waals surface area contributed by atoms with Crippen LogP contribution in [0.15, 0.2) is 89.9 Å². The quantitative estimate of drug-likeness (QED) is 0.343. The first-order chi connectivity index (χ1) is 17.8. The molecule has 4 aromatic rings. The molecule has 1 unspecified atom stereocenters. The molecule has 1 fully saturated rings. The first kappa shape index (κ1) is 23.8. The van der Waals surface area contributed by atoms with Gasteiger partial charge in [0.05, 0.1) is 18.8 Å². The van der Waals surface area contributed by atoms with Crippen molar-refractivity contribution in [3.63, 3.8) is 0 Å². The average Bonchev–Trinajstić information content (AvgIpc) is 3.60. The second kappa shape index (κ2) is 11.6. The van der Waals surface area contributed by atoms with Crippen molar-refractivity contribution in [2.24, 2.45) is 0 Å². The Balaban J connectivity index is 1.30. The maximum atomic E-state index is 12.8. The van der Waals surface area contributed by atoms with Gasteiger partial charge in [-0.05, 0) is 61.8 Å². The summed E-state index contributed by atoms with van der Waals surface area (Å²) in [7, 11) is 0. The standard InChI is InChI=1S/C29H31N5O2/c35-28(31-20-26(27-12-8-18-36-27)33-16-5-2-6-17-33)14-13-25-22-34(21-23-9-3-1-4-10-23)32-29(25)24-11-7-15-30-19-24/h1,3-4,7-15,18-19,22,26H,2,5-6,16-17,20-21H2,(H,31,35)/b14-13+. The molecule has 7 heteroatoms. The fourth-order valence-corrected chi connectivity index (χ4v) is 4.68. The minimum atomic E-state index is -0.142. The summed E-state index contributed by atoms with van der Waals surface area (Å²) >= 11 is 0. The van der Waals surface area contributed by atoms with E-state index in [4.69, 9.17) is 9.52 Å². The van der Waals surface area contributed by atoms with Gasteiger partial charge in [-0.15, -0.1) is 0 Å². The van der Waals surface area contributed by atoms with Gasteiger partial charge in [-0.3, -0.25) is 19.4 Å².